The standard InChI is InChI=1S/C12H19N5O2/c1-2-19-7-10-15-9(13)5-11(16-10)17-4-3-8(6-17)12(14)18/h5,8H,2-4,6-7H2,1H3,(H2,14,18)(H2,13,15,16). The molecule has 0 aromatic carbocycles. The van der Waals surface area contributed by atoms with E-state index in [4.69, 9.17) is 16.2 Å². The largest absolute Gasteiger partial charge is 0.384 e. The SMILES string of the molecule is CCOCc1nc(N)cc(N2CCC(C(N)=O)C2)n1. The molecule has 19 heavy (non-hydrogen) atoms. The monoisotopic (exact) mass is 265 g/mol. The van der Waals surface area contributed by atoms with Gasteiger partial charge in [0.15, 0.2) is 5.82 Å². The average molecular weight is 265 g/mol. The van der Waals surface area contributed by atoms with E-state index in [1.165, 1.54) is 0 Å². The van der Waals surface area contributed by atoms with E-state index in [1.54, 1.807) is 6.07 Å². The topological polar surface area (TPSA) is 107 Å². The van der Waals surface area contributed by atoms with Gasteiger partial charge in [-0.15, -0.1) is 0 Å². The van der Waals surface area contributed by atoms with E-state index in [1.807, 2.05) is 11.8 Å². The molecule has 1 unspecified atom stereocenters. The zero-order valence-corrected chi connectivity index (χ0v) is 11.0. The van der Waals surface area contributed by atoms with Gasteiger partial charge in [-0.25, -0.2) is 9.97 Å². The molecule has 1 aliphatic heterocycles. The van der Waals surface area contributed by atoms with Crippen molar-refractivity contribution >= 4 is 17.5 Å². The minimum atomic E-state index is -0.265. The molecule has 1 amide bonds. The number of anilines is 2. The van der Waals surface area contributed by atoms with Crippen LogP contribution in [0.4, 0.5) is 11.6 Å². The first kappa shape index (κ1) is 13.5. The van der Waals surface area contributed by atoms with Crippen molar-refractivity contribution in [3.05, 3.63) is 11.9 Å². The van der Waals surface area contributed by atoms with E-state index < -0.39 is 0 Å². The molecule has 2 rings (SSSR count). The van der Waals surface area contributed by atoms with E-state index >= 15 is 0 Å². The van der Waals surface area contributed by atoms with Crippen LogP contribution in [0.5, 0.6) is 0 Å². The van der Waals surface area contributed by atoms with Crippen molar-refractivity contribution in [2.24, 2.45) is 11.7 Å². The minimum absolute atomic E-state index is 0.119. The van der Waals surface area contributed by atoms with Crippen molar-refractivity contribution < 1.29 is 9.53 Å². The summed E-state index contributed by atoms with van der Waals surface area (Å²) in [5.41, 5.74) is 11.1. The fourth-order valence-corrected chi connectivity index (χ4v) is 2.12. The zero-order chi connectivity index (χ0) is 13.8. The predicted molar refractivity (Wildman–Crippen MR) is 71.3 cm³/mol. The summed E-state index contributed by atoms with van der Waals surface area (Å²) in [6.07, 6.45) is 0.750. The number of nitrogen functional groups attached to an aromatic ring is 1. The van der Waals surface area contributed by atoms with Gasteiger partial charge in [-0.2, -0.15) is 0 Å². The van der Waals surface area contributed by atoms with Crippen molar-refractivity contribution in [3.63, 3.8) is 0 Å². The van der Waals surface area contributed by atoms with Crippen molar-refractivity contribution in [2.45, 2.75) is 20.0 Å². The van der Waals surface area contributed by atoms with Gasteiger partial charge >= 0.3 is 0 Å². The minimum Gasteiger partial charge on any atom is -0.384 e. The predicted octanol–water partition coefficient (Wildman–Crippen LogP) is -0.0931. The highest BCUT2D eigenvalue weighted by Gasteiger charge is 2.27. The van der Waals surface area contributed by atoms with Crippen LogP contribution >= 0.6 is 0 Å². The highest BCUT2D eigenvalue weighted by atomic mass is 16.5. The summed E-state index contributed by atoms with van der Waals surface area (Å²) >= 11 is 0. The summed E-state index contributed by atoms with van der Waals surface area (Å²) < 4.78 is 5.28. The zero-order valence-electron chi connectivity index (χ0n) is 11.0. The van der Waals surface area contributed by atoms with Gasteiger partial charge in [-0.3, -0.25) is 4.79 Å². The van der Waals surface area contributed by atoms with Crippen LogP contribution in [0.1, 0.15) is 19.2 Å². The molecule has 1 saturated heterocycles. The Morgan fingerprint density at radius 2 is 2.37 bits per heavy atom. The molecule has 0 aliphatic carbocycles. The normalized spacial score (nSPS) is 18.8. The van der Waals surface area contributed by atoms with E-state index in [0.717, 1.165) is 18.8 Å². The molecule has 4 N–H and O–H groups in total. The van der Waals surface area contributed by atoms with Gasteiger partial charge in [0, 0.05) is 25.8 Å². The number of carbonyl (C=O) groups is 1. The van der Waals surface area contributed by atoms with Crippen molar-refractivity contribution in [2.75, 3.05) is 30.3 Å². The molecule has 0 saturated carbocycles. The van der Waals surface area contributed by atoms with Gasteiger partial charge in [0.25, 0.3) is 0 Å². The highest BCUT2D eigenvalue weighted by Crippen LogP contribution is 2.23. The molecule has 0 bridgehead atoms. The fourth-order valence-electron chi connectivity index (χ4n) is 2.12. The first-order chi connectivity index (χ1) is 9.10. The molecule has 2 heterocycles. The maximum atomic E-state index is 11.2. The molecule has 1 fully saturated rings. The van der Waals surface area contributed by atoms with Crippen molar-refractivity contribution in [1.29, 1.82) is 0 Å². The lowest BCUT2D eigenvalue weighted by Crippen LogP contribution is -2.28. The smallest absolute Gasteiger partial charge is 0.222 e. The number of hydrogen-bond donors (Lipinski definition) is 2. The molecule has 1 aliphatic rings. The second-order valence-electron chi connectivity index (χ2n) is 4.54. The van der Waals surface area contributed by atoms with E-state index in [2.05, 4.69) is 9.97 Å². The first-order valence-corrected chi connectivity index (χ1v) is 6.35. The van der Waals surface area contributed by atoms with Crippen LogP contribution in [0.15, 0.2) is 6.07 Å². The number of amides is 1. The Morgan fingerprint density at radius 1 is 1.58 bits per heavy atom. The number of carbonyl (C=O) groups excluding carboxylic acids is 1. The van der Waals surface area contributed by atoms with Gasteiger partial charge in [-0.05, 0) is 13.3 Å². The summed E-state index contributed by atoms with van der Waals surface area (Å²) in [7, 11) is 0. The molecule has 0 radical (unpaired) electrons. The molecular weight excluding hydrogens is 246 g/mol. The summed E-state index contributed by atoms with van der Waals surface area (Å²) in [5, 5.41) is 0. The Hall–Kier alpha value is -1.89. The van der Waals surface area contributed by atoms with Gasteiger partial charge in [0.1, 0.15) is 18.2 Å². The summed E-state index contributed by atoms with van der Waals surface area (Å²) in [6.45, 7) is 4.17. The van der Waals surface area contributed by atoms with Crippen LogP contribution in [0.2, 0.25) is 0 Å². The Balaban J connectivity index is 2.11. The van der Waals surface area contributed by atoms with E-state index in [0.29, 0.717) is 31.4 Å². The number of rotatable bonds is 5. The molecule has 1 aromatic heterocycles. The molecular formula is C12H19N5O2. The highest BCUT2D eigenvalue weighted by molar-refractivity contribution is 5.78. The van der Waals surface area contributed by atoms with Gasteiger partial charge in [0.05, 0.1) is 5.92 Å². The quantitative estimate of drug-likeness (QED) is 0.770. The van der Waals surface area contributed by atoms with Gasteiger partial charge < -0.3 is 21.1 Å². The summed E-state index contributed by atoms with van der Waals surface area (Å²) in [5.74, 6) is 1.30. The molecule has 0 spiro atoms. The van der Waals surface area contributed by atoms with Crippen molar-refractivity contribution in [3.8, 4) is 0 Å². The Kier molecular flexibility index (Phi) is 4.16. The lowest BCUT2D eigenvalue weighted by Gasteiger charge is -2.18. The van der Waals surface area contributed by atoms with Crippen molar-refractivity contribution in [1.82, 2.24) is 9.97 Å². The third-order valence-corrected chi connectivity index (χ3v) is 3.13. The Labute approximate surface area is 111 Å². The van der Waals surface area contributed by atoms with Crippen LogP contribution in [0, 0.1) is 5.92 Å². The van der Waals surface area contributed by atoms with Crippen LogP contribution in [0.25, 0.3) is 0 Å². The van der Waals surface area contributed by atoms with Crippen LogP contribution < -0.4 is 16.4 Å². The summed E-state index contributed by atoms with van der Waals surface area (Å²) in [4.78, 5) is 21.7. The molecule has 1 atom stereocenters. The van der Waals surface area contributed by atoms with E-state index in [9.17, 15) is 4.79 Å². The second kappa shape index (κ2) is 5.83. The fraction of sp³-hybridized carbons (Fsp3) is 0.583. The molecule has 7 nitrogen and oxygen atoms in total. The van der Waals surface area contributed by atoms with Crippen LogP contribution in [-0.2, 0) is 16.1 Å². The number of ether oxygens (including phenoxy) is 1. The maximum Gasteiger partial charge on any atom is 0.222 e. The maximum absolute atomic E-state index is 11.2. The molecule has 1 aromatic rings. The lowest BCUT2D eigenvalue weighted by molar-refractivity contribution is -0.121. The Bertz CT molecular complexity index is 465. The van der Waals surface area contributed by atoms with Crippen LogP contribution in [-0.4, -0.2) is 35.6 Å². The number of nitrogens with zero attached hydrogens (tertiary/aromatic N) is 3. The number of nitrogens with two attached hydrogens (primary N) is 2. The number of hydrogen-bond acceptors (Lipinski definition) is 6. The average Bonchev–Trinajstić information content (AvgIpc) is 2.85. The third-order valence-electron chi connectivity index (χ3n) is 3.13. The lowest BCUT2D eigenvalue weighted by atomic mass is 10.1. The second-order valence-corrected chi connectivity index (χ2v) is 4.54. The van der Waals surface area contributed by atoms with Crippen LogP contribution in [0.3, 0.4) is 0 Å². The Morgan fingerprint density at radius 3 is 3.00 bits per heavy atom. The number of primary amides is 1. The van der Waals surface area contributed by atoms with E-state index in [-0.39, 0.29) is 11.8 Å². The number of aromatic nitrogens is 2. The third kappa shape index (κ3) is 3.31. The summed E-state index contributed by atoms with van der Waals surface area (Å²) in [6, 6.07) is 1.71. The first-order valence-electron chi connectivity index (χ1n) is 6.35. The molecule has 7 heteroatoms. The van der Waals surface area contributed by atoms with Gasteiger partial charge in [-0.1, -0.05) is 0 Å². The van der Waals surface area contributed by atoms with Gasteiger partial charge in [0.2, 0.25) is 5.91 Å². The molecule has 104 valence electrons.